The molecular formula is C28H37ClN4O6S. The minimum Gasteiger partial charge on any atom is -0.394 e. The number of nitrogens with two attached hydrogens (primary N) is 1. The average Bonchev–Trinajstić information content (AvgIpc) is 3.09. The fraction of sp³-hybridized carbons (Fsp3) is 0.429. The van der Waals surface area contributed by atoms with Gasteiger partial charge >= 0.3 is 0 Å². The van der Waals surface area contributed by atoms with Gasteiger partial charge in [-0.1, -0.05) is 54.1 Å². The van der Waals surface area contributed by atoms with E-state index >= 15 is 0 Å². The van der Waals surface area contributed by atoms with Crippen molar-refractivity contribution in [2.24, 2.45) is 5.73 Å². The topological polar surface area (TPSA) is 151 Å². The molecule has 0 aromatic heterocycles. The maximum Gasteiger partial charge on any atom is 0.247 e. The van der Waals surface area contributed by atoms with Crippen LogP contribution in [0.15, 0.2) is 60.2 Å². The zero-order chi connectivity index (χ0) is 29.7. The molecule has 1 aliphatic heterocycles. The number of rotatable bonds is 12. The summed E-state index contributed by atoms with van der Waals surface area (Å²) in [5, 5.41) is 12.6. The Morgan fingerprint density at radius 3 is 2.38 bits per heavy atom. The van der Waals surface area contributed by atoms with Gasteiger partial charge in [-0.25, -0.2) is 13.1 Å². The number of nitrogens with zero attached hydrogens (tertiary/aromatic N) is 1. The molecule has 0 aliphatic carbocycles. The van der Waals surface area contributed by atoms with Gasteiger partial charge in [0.1, 0.15) is 11.6 Å². The molecular weight excluding hydrogens is 556 g/mol. The molecule has 0 radical (unpaired) electrons. The zero-order valence-corrected chi connectivity index (χ0v) is 24.7. The molecule has 0 saturated carbocycles. The van der Waals surface area contributed by atoms with E-state index < -0.39 is 45.6 Å². The van der Waals surface area contributed by atoms with E-state index in [2.05, 4.69) is 10.0 Å². The van der Waals surface area contributed by atoms with Crippen molar-refractivity contribution in [3.63, 3.8) is 0 Å². The Morgan fingerprint density at radius 2 is 1.80 bits per heavy atom. The Bertz CT molecular complexity index is 1340. The Kier molecular flexibility index (Phi) is 10.2. The minimum atomic E-state index is -3.89. The monoisotopic (exact) mass is 592 g/mol. The molecule has 2 aromatic rings. The summed E-state index contributed by atoms with van der Waals surface area (Å²) >= 11 is 6.02. The van der Waals surface area contributed by atoms with Crippen LogP contribution in [0.4, 0.5) is 0 Å². The Morgan fingerprint density at radius 1 is 1.18 bits per heavy atom. The lowest BCUT2D eigenvalue weighted by Gasteiger charge is -2.32. The van der Waals surface area contributed by atoms with Crippen LogP contribution in [-0.4, -0.2) is 73.7 Å². The van der Waals surface area contributed by atoms with Crippen LogP contribution in [0.2, 0.25) is 5.02 Å². The zero-order valence-electron chi connectivity index (χ0n) is 23.1. The largest absolute Gasteiger partial charge is 0.394 e. The first-order valence-corrected chi connectivity index (χ1v) is 14.7. The van der Waals surface area contributed by atoms with E-state index in [1.807, 2.05) is 30.3 Å². The predicted molar refractivity (Wildman–Crippen MR) is 154 cm³/mol. The van der Waals surface area contributed by atoms with Crippen molar-refractivity contribution < 1.29 is 27.9 Å². The molecule has 0 spiro atoms. The van der Waals surface area contributed by atoms with Crippen LogP contribution in [0.5, 0.6) is 0 Å². The van der Waals surface area contributed by atoms with Gasteiger partial charge in [0.05, 0.1) is 30.3 Å². The first-order chi connectivity index (χ1) is 18.7. The van der Waals surface area contributed by atoms with Crippen molar-refractivity contribution in [2.45, 2.75) is 51.4 Å². The number of carbonyl (C=O) groups excluding carboxylic acids is 2. The number of amides is 2. The molecule has 0 bridgehead atoms. The summed E-state index contributed by atoms with van der Waals surface area (Å²) in [6.07, 6.45) is 0. The van der Waals surface area contributed by atoms with Gasteiger partial charge in [-0.2, -0.15) is 0 Å². The third kappa shape index (κ3) is 7.48. The van der Waals surface area contributed by atoms with Crippen LogP contribution in [-0.2, 0) is 31.0 Å². The molecule has 12 heteroatoms. The van der Waals surface area contributed by atoms with Crippen LogP contribution >= 0.6 is 11.6 Å². The van der Waals surface area contributed by atoms with E-state index in [9.17, 15) is 23.1 Å². The van der Waals surface area contributed by atoms with E-state index in [0.29, 0.717) is 16.2 Å². The number of aliphatic hydroxyl groups excluding tert-OH is 1. The van der Waals surface area contributed by atoms with Gasteiger partial charge in [0.25, 0.3) is 0 Å². The molecule has 0 saturated heterocycles. The molecule has 2 amide bonds. The number of halogens is 1. The number of likely N-dealkylation sites (N-methyl/N-ethyl adjacent to an activating group) is 1. The van der Waals surface area contributed by atoms with Gasteiger partial charge in [-0.3, -0.25) is 9.59 Å². The third-order valence-electron chi connectivity index (χ3n) is 6.68. The fourth-order valence-corrected chi connectivity index (χ4v) is 6.40. The molecule has 2 atom stereocenters. The van der Waals surface area contributed by atoms with Gasteiger partial charge in [0.2, 0.25) is 21.8 Å². The minimum absolute atomic E-state index is 0.0303. The van der Waals surface area contributed by atoms with Gasteiger partial charge in [-0.05, 0) is 56.5 Å². The summed E-state index contributed by atoms with van der Waals surface area (Å²) in [7, 11) is -3.89. The second kappa shape index (κ2) is 12.8. The van der Waals surface area contributed by atoms with Crippen molar-refractivity contribution in [1.82, 2.24) is 14.9 Å². The van der Waals surface area contributed by atoms with Gasteiger partial charge < -0.3 is 25.8 Å². The normalized spacial score (nSPS) is 18.2. The van der Waals surface area contributed by atoms with Gasteiger partial charge in [-0.15, -0.1) is 0 Å². The smallest absolute Gasteiger partial charge is 0.247 e. The molecule has 3 rings (SSSR count). The lowest BCUT2D eigenvalue weighted by atomic mass is 9.92. The number of aliphatic hydroxyl groups is 1. The van der Waals surface area contributed by atoms with E-state index in [1.54, 1.807) is 45.0 Å². The SMILES string of the molecule is CCN(CC1=C(c2ccc(Cl)cc2)S(=O)(=O)NC1(C)C)C(=O)[C@@H](COCc1ccccc1)NC(=O)[C@@](C)(N)CO. The van der Waals surface area contributed by atoms with Crippen LogP contribution in [0, 0.1) is 0 Å². The molecule has 2 aromatic carbocycles. The number of nitrogens with one attached hydrogen (secondary N) is 2. The molecule has 218 valence electrons. The first kappa shape index (κ1) is 31.7. The van der Waals surface area contributed by atoms with E-state index in [0.717, 1.165) is 5.56 Å². The predicted octanol–water partition coefficient (Wildman–Crippen LogP) is 2.02. The maximum atomic E-state index is 13.8. The number of benzene rings is 2. The average molecular weight is 593 g/mol. The number of carbonyl (C=O) groups is 2. The lowest BCUT2D eigenvalue weighted by Crippen LogP contribution is -2.60. The number of sulfonamides is 1. The van der Waals surface area contributed by atoms with Crippen molar-refractivity contribution in [3.8, 4) is 0 Å². The highest BCUT2D eigenvalue weighted by atomic mass is 35.5. The maximum absolute atomic E-state index is 13.8. The van der Waals surface area contributed by atoms with Crippen molar-refractivity contribution >= 4 is 38.3 Å². The molecule has 1 heterocycles. The summed E-state index contributed by atoms with van der Waals surface area (Å²) in [5.41, 5.74) is 5.11. The Labute approximate surface area is 240 Å². The standard InChI is InChI=1S/C28H37ClN4O6S/c1-5-33(15-22-24(20-11-13-21(29)14-12-20)40(37,38)32-27(22,2)3)25(35)23(31-26(36)28(4,30)18-34)17-39-16-19-9-7-6-8-10-19/h6-14,23,32,34H,5,15-18,30H2,1-4H3,(H,31,36)/t23-,28+/m1/s1. The highest BCUT2D eigenvalue weighted by Crippen LogP contribution is 2.38. The summed E-state index contributed by atoms with van der Waals surface area (Å²) < 4.78 is 34.9. The van der Waals surface area contributed by atoms with Crippen LogP contribution < -0.4 is 15.8 Å². The van der Waals surface area contributed by atoms with Crippen molar-refractivity contribution in [1.29, 1.82) is 0 Å². The quantitative estimate of drug-likeness (QED) is 0.294. The molecule has 1 aliphatic rings. The van der Waals surface area contributed by atoms with Crippen LogP contribution in [0.25, 0.3) is 4.91 Å². The molecule has 0 fully saturated rings. The summed E-state index contributed by atoms with van der Waals surface area (Å²) in [5.74, 6) is -1.21. The second-order valence-electron chi connectivity index (χ2n) is 10.5. The lowest BCUT2D eigenvalue weighted by molar-refractivity contribution is -0.139. The van der Waals surface area contributed by atoms with Gasteiger partial charge in [0, 0.05) is 18.1 Å². The Hall–Kier alpha value is -2.80. The van der Waals surface area contributed by atoms with E-state index in [-0.39, 0.29) is 31.2 Å². The van der Waals surface area contributed by atoms with Crippen molar-refractivity contribution in [3.05, 3.63) is 76.3 Å². The fourth-order valence-electron chi connectivity index (χ4n) is 4.29. The summed E-state index contributed by atoms with van der Waals surface area (Å²) in [6, 6.07) is 14.6. The number of ether oxygens (including phenoxy) is 1. The van der Waals surface area contributed by atoms with Crippen LogP contribution in [0.1, 0.15) is 38.8 Å². The van der Waals surface area contributed by atoms with Crippen molar-refractivity contribution in [2.75, 3.05) is 26.3 Å². The van der Waals surface area contributed by atoms with Gasteiger partial charge in [0.15, 0.2) is 0 Å². The number of hydrogen-bond acceptors (Lipinski definition) is 7. The Balaban J connectivity index is 1.93. The molecule has 0 unspecified atom stereocenters. The number of hydrogen-bond donors (Lipinski definition) is 4. The summed E-state index contributed by atoms with van der Waals surface area (Å²) in [6.45, 7) is 6.16. The third-order valence-corrected chi connectivity index (χ3v) is 8.73. The molecule has 10 nitrogen and oxygen atoms in total. The van der Waals surface area contributed by atoms with E-state index in [1.165, 1.54) is 11.8 Å². The first-order valence-electron chi connectivity index (χ1n) is 12.9. The summed E-state index contributed by atoms with van der Waals surface area (Å²) in [4.78, 5) is 28.2. The molecule has 40 heavy (non-hydrogen) atoms. The highest BCUT2D eigenvalue weighted by molar-refractivity contribution is 7.99. The van der Waals surface area contributed by atoms with Crippen LogP contribution in [0.3, 0.4) is 0 Å². The molecule has 5 N–H and O–H groups in total. The highest BCUT2D eigenvalue weighted by Gasteiger charge is 2.44. The van der Waals surface area contributed by atoms with E-state index in [4.69, 9.17) is 22.1 Å². The second-order valence-corrected chi connectivity index (χ2v) is 12.6.